The van der Waals surface area contributed by atoms with Gasteiger partial charge >= 0.3 is 5.97 Å². The van der Waals surface area contributed by atoms with Crippen LogP contribution < -0.4 is 0 Å². The van der Waals surface area contributed by atoms with Gasteiger partial charge in [0, 0.05) is 0 Å². The van der Waals surface area contributed by atoms with Crippen molar-refractivity contribution in [3.8, 4) is 0 Å². The van der Waals surface area contributed by atoms with Crippen LogP contribution in [-0.2, 0) is 11.2 Å². The highest BCUT2D eigenvalue weighted by Crippen LogP contribution is 2.41. The van der Waals surface area contributed by atoms with Crippen LogP contribution in [0.1, 0.15) is 107 Å². The number of carbonyl (C=O) groups is 1. The summed E-state index contributed by atoms with van der Waals surface area (Å²) in [4.78, 5) is 12.6. The first-order valence-corrected chi connectivity index (χ1v) is 12.4. The molecule has 0 amide bonds. The Balaban J connectivity index is 1.40. The van der Waals surface area contributed by atoms with E-state index in [9.17, 15) is 4.79 Å². The van der Waals surface area contributed by atoms with Crippen LogP contribution in [0.25, 0.3) is 0 Å². The second-order valence-corrected chi connectivity index (χ2v) is 9.93. The second-order valence-electron chi connectivity index (χ2n) is 9.93. The molecule has 0 aliphatic heterocycles. The molecule has 1 atom stereocenters. The highest BCUT2D eigenvalue weighted by molar-refractivity contribution is 5.89. The molecule has 0 spiro atoms. The molecule has 0 aromatic heterocycles. The molecule has 0 heterocycles. The smallest absolute Gasteiger partial charge is 0.338 e. The summed E-state index contributed by atoms with van der Waals surface area (Å²) in [7, 11) is 0. The second kappa shape index (κ2) is 11.2. The molecular formula is C27H42O2. The van der Waals surface area contributed by atoms with E-state index in [0.29, 0.717) is 11.5 Å². The molecule has 0 bridgehead atoms. The lowest BCUT2D eigenvalue weighted by atomic mass is 9.70. The van der Waals surface area contributed by atoms with Gasteiger partial charge in [-0.1, -0.05) is 65.0 Å². The Morgan fingerprint density at radius 1 is 0.931 bits per heavy atom. The molecule has 3 rings (SSSR count). The van der Waals surface area contributed by atoms with Crippen LogP contribution in [0.5, 0.6) is 0 Å². The third-order valence-electron chi connectivity index (χ3n) is 7.72. The van der Waals surface area contributed by atoms with Crippen LogP contribution in [-0.4, -0.2) is 12.1 Å². The number of esters is 1. The molecule has 0 N–H and O–H groups in total. The number of benzene rings is 1. The van der Waals surface area contributed by atoms with E-state index in [2.05, 4.69) is 32.9 Å². The van der Waals surface area contributed by atoms with E-state index in [0.717, 1.165) is 37.0 Å². The maximum absolute atomic E-state index is 12.6. The van der Waals surface area contributed by atoms with Crippen molar-refractivity contribution in [3.05, 3.63) is 35.4 Å². The molecule has 1 aromatic rings. The van der Waals surface area contributed by atoms with Crippen molar-refractivity contribution in [1.29, 1.82) is 0 Å². The van der Waals surface area contributed by atoms with Gasteiger partial charge in [-0.2, -0.15) is 0 Å². The first kappa shape index (κ1) is 22.4. The molecule has 162 valence electrons. The lowest BCUT2D eigenvalue weighted by Crippen LogP contribution is -2.29. The zero-order valence-corrected chi connectivity index (χ0v) is 19.0. The molecule has 0 radical (unpaired) electrons. The van der Waals surface area contributed by atoms with Gasteiger partial charge in [-0.15, -0.1) is 0 Å². The third-order valence-corrected chi connectivity index (χ3v) is 7.72. The molecule has 1 aromatic carbocycles. The molecule has 29 heavy (non-hydrogen) atoms. The van der Waals surface area contributed by atoms with Crippen LogP contribution in [0.4, 0.5) is 0 Å². The summed E-state index contributed by atoms with van der Waals surface area (Å²) in [6.45, 7) is 6.81. The van der Waals surface area contributed by atoms with E-state index < -0.39 is 0 Å². The summed E-state index contributed by atoms with van der Waals surface area (Å²) in [6.07, 6.45) is 15.5. The first-order chi connectivity index (χ1) is 14.1. The van der Waals surface area contributed by atoms with Crippen LogP contribution >= 0.6 is 0 Å². The van der Waals surface area contributed by atoms with Crippen molar-refractivity contribution < 1.29 is 9.53 Å². The Morgan fingerprint density at radius 2 is 1.52 bits per heavy atom. The van der Waals surface area contributed by atoms with Gasteiger partial charge in [-0.25, -0.2) is 4.79 Å². The summed E-state index contributed by atoms with van der Waals surface area (Å²) in [6, 6.07) is 8.07. The van der Waals surface area contributed by atoms with Gasteiger partial charge in [0.05, 0.1) is 5.56 Å². The van der Waals surface area contributed by atoms with Crippen molar-refractivity contribution in [1.82, 2.24) is 0 Å². The maximum atomic E-state index is 12.6. The van der Waals surface area contributed by atoms with Crippen molar-refractivity contribution in [2.24, 2.45) is 23.7 Å². The van der Waals surface area contributed by atoms with Gasteiger partial charge in [0.15, 0.2) is 0 Å². The predicted octanol–water partition coefficient (Wildman–Crippen LogP) is 7.60. The van der Waals surface area contributed by atoms with Gasteiger partial charge in [-0.05, 0) is 86.3 Å². The highest BCUT2D eigenvalue weighted by Gasteiger charge is 2.31. The Bertz CT molecular complexity index is 604. The maximum Gasteiger partial charge on any atom is 0.338 e. The topological polar surface area (TPSA) is 26.3 Å². The summed E-state index contributed by atoms with van der Waals surface area (Å²) >= 11 is 0. The lowest BCUT2D eigenvalue weighted by molar-refractivity contribution is 0.0109. The van der Waals surface area contributed by atoms with E-state index in [4.69, 9.17) is 4.74 Å². The summed E-state index contributed by atoms with van der Waals surface area (Å²) in [5.41, 5.74) is 2.01. The minimum Gasteiger partial charge on any atom is -0.459 e. The Kier molecular flexibility index (Phi) is 8.63. The Morgan fingerprint density at radius 3 is 2.07 bits per heavy atom. The number of hydrogen-bond acceptors (Lipinski definition) is 2. The van der Waals surface area contributed by atoms with Gasteiger partial charge in [0.25, 0.3) is 0 Å². The lowest BCUT2D eigenvalue weighted by Gasteiger charge is -2.37. The van der Waals surface area contributed by atoms with E-state index in [1.54, 1.807) is 0 Å². The average molecular weight is 399 g/mol. The molecule has 2 aliphatic carbocycles. The third kappa shape index (κ3) is 6.59. The number of ether oxygens (including phenoxy) is 1. The Hall–Kier alpha value is -1.31. The predicted molar refractivity (Wildman–Crippen MR) is 121 cm³/mol. The van der Waals surface area contributed by atoms with Gasteiger partial charge < -0.3 is 4.74 Å². The first-order valence-electron chi connectivity index (χ1n) is 12.4. The fourth-order valence-corrected chi connectivity index (χ4v) is 5.58. The fourth-order valence-electron chi connectivity index (χ4n) is 5.58. The van der Waals surface area contributed by atoms with Crippen molar-refractivity contribution >= 4 is 5.97 Å². The van der Waals surface area contributed by atoms with E-state index in [-0.39, 0.29) is 12.1 Å². The van der Waals surface area contributed by atoms with Crippen molar-refractivity contribution in [3.63, 3.8) is 0 Å². The van der Waals surface area contributed by atoms with E-state index in [1.807, 2.05) is 12.1 Å². The molecule has 2 fully saturated rings. The largest absolute Gasteiger partial charge is 0.459 e. The van der Waals surface area contributed by atoms with Crippen LogP contribution in [0.3, 0.4) is 0 Å². The van der Waals surface area contributed by atoms with Gasteiger partial charge in [-0.3, -0.25) is 0 Å². The normalized spacial score (nSPS) is 28.7. The monoisotopic (exact) mass is 398 g/mol. The van der Waals surface area contributed by atoms with Crippen LogP contribution in [0.15, 0.2) is 24.3 Å². The molecule has 2 nitrogen and oxygen atoms in total. The molecule has 0 unspecified atom stereocenters. The van der Waals surface area contributed by atoms with E-state index >= 15 is 0 Å². The number of rotatable bonds is 8. The summed E-state index contributed by atoms with van der Waals surface area (Å²) in [5.74, 6) is 3.34. The molecule has 0 saturated heterocycles. The number of carbonyl (C=O) groups excluding carboxylic acids is 1. The highest BCUT2D eigenvalue weighted by atomic mass is 16.5. The SMILES string of the molecule is CCCC1CCC(C2CCC(OC(=O)c3ccc(C[C@@H](C)CC)cc3)CC2)CC1. The minimum atomic E-state index is -0.136. The fraction of sp³-hybridized carbons (Fsp3) is 0.741. The number of hydrogen-bond donors (Lipinski definition) is 0. The average Bonchev–Trinajstić information content (AvgIpc) is 2.75. The zero-order valence-electron chi connectivity index (χ0n) is 19.0. The molecule has 2 heteroatoms. The molecule has 2 saturated carbocycles. The molecular weight excluding hydrogens is 356 g/mol. The van der Waals surface area contributed by atoms with E-state index in [1.165, 1.54) is 63.4 Å². The quantitative estimate of drug-likeness (QED) is 0.421. The Labute approximate surface area is 178 Å². The zero-order chi connectivity index (χ0) is 20.6. The molecule has 2 aliphatic rings. The van der Waals surface area contributed by atoms with Crippen molar-refractivity contribution in [2.45, 2.75) is 104 Å². The van der Waals surface area contributed by atoms with Crippen LogP contribution in [0, 0.1) is 23.7 Å². The standard InChI is InChI=1S/C27H42O2/c1-4-6-21-7-11-23(12-8-21)24-15-17-26(18-16-24)29-27(28)25-13-9-22(10-14-25)19-20(3)5-2/h9-10,13-14,20-21,23-24,26H,4-8,11-12,15-19H2,1-3H3/t20-,21?,23?,24?,26?/m0/s1. The van der Waals surface area contributed by atoms with Gasteiger partial charge in [0.1, 0.15) is 6.10 Å². The minimum absolute atomic E-state index is 0.120. The summed E-state index contributed by atoms with van der Waals surface area (Å²) in [5, 5.41) is 0. The summed E-state index contributed by atoms with van der Waals surface area (Å²) < 4.78 is 5.87. The van der Waals surface area contributed by atoms with Crippen molar-refractivity contribution in [2.75, 3.05) is 0 Å². The van der Waals surface area contributed by atoms with Gasteiger partial charge in [0.2, 0.25) is 0 Å². The van der Waals surface area contributed by atoms with Crippen LogP contribution in [0.2, 0.25) is 0 Å².